The van der Waals surface area contributed by atoms with E-state index < -0.39 is 0 Å². The van der Waals surface area contributed by atoms with Gasteiger partial charge in [-0.2, -0.15) is 0 Å². The maximum Gasteiger partial charge on any atom is 0.140 e. The van der Waals surface area contributed by atoms with E-state index in [9.17, 15) is 5.11 Å². The smallest absolute Gasteiger partial charge is 0.140 e. The molecule has 22 heavy (non-hydrogen) atoms. The first-order valence-corrected chi connectivity index (χ1v) is 7.63. The number of benzene rings is 1. The summed E-state index contributed by atoms with van der Waals surface area (Å²) in [5.74, 6) is 0.103. The SMILES string of the molecule is C=CCC[C@@H](c1ccc(Cl)c(Cl)c1O)N1CCNCC1.Cl.Cl. The Morgan fingerprint density at radius 2 is 1.91 bits per heavy atom. The number of hydrogen-bond donors (Lipinski definition) is 2. The summed E-state index contributed by atoms with van der Waals surface area (Å²) in [5.41, 5.74) is 0.850. The molecule has 1 aliphatic heterocycles. The van der Waals surface area contributed by atoms with Gasteiger partial charge in [0.1, 0.15) is 10.8 Å². The maximum atomic E-state index is 10.3. The van der Waals surface area contributed by atoms with Crippen LogP contribution in [0.15, 0.2) is 24.8 Å². The molecule has 0 bridgehead atoms. The molecule has 1 aliphatic rings. The lowest BCUT2D eigenvalue weighted by Gasteiger charge is -2.35. The van der Waals surface area contributed by atoms with Gasteiger partial charge < -0.3 is 10.4 Å². The summed E-state index contributed by atoms with van der Waals surface area (Å²) < 4.78 is 0. The molecule has 0 radical (unpaired) electrons. The molecule has 0 aromatic heterocycles. The third-order valence-electron chi connectivity index (χ3n) is 3.70. The molecule has 7 heteroatoms. The Balaban J connectivity index is 0.00000220. The fourth-order valence-electron chi connectivity index (χ4n) is 2.63. The van der Waals surface area contributed by atoms with Crippen molar-refractivity contribution in [3.63, 3.8) is 0 Å². The second kappa shape index (κ2) is 10.6. The molecule has 1 atom stereocenters. The van der Waals surface area contributed by atoms with Crippen LogP contribution in [0.2, 0.25) is 10.0 Å². The summed E-state index contributed by atoms with van der Waals surface area (Å²) in [6, 6.07) is 3.77. The molecule has 1 aromatic rings. The van der Waals surface area contributed by atoms with E-state index in [1.807, 2.05) is 12.1 Å². The van der Waals surface area contributed by atoms with E-state index in [0.717, 1.165) is 44.6 Å². The third-order valence-corrected chi connectivity index (χ3v) is 4.49. The Morgan fingerprint density at radius 1 is 1.27 bits per heavy atom. The van der Waals surface area contributed by atoms with Crippen LogP contribution in [0.4, 0.5) is 0 Å². The summed E-state index contributed by atoms with van der Waals surface area (Å²) in [6.07, 6.45) is 3.72. The molecule has 1 fully saturated rings. The molecule has 0 unspecified atom stereocenters. The van der Waals surface area contributed by atoms with Crippen LogP contribution in [0.5, 0.6) is 5.75 Å². The Hall–Kier alpha value is -0.160. The summed E-state index contributed by atoms with van der Waals surface area (Å²) in [6.45, 7) is 7.63. The number of halogens is 4. The van der Waals surface area contributed by atoms with Crippen LogP contribution in [0.1, 0.15) is 24.4 Å². The molecule has 3 nitrogen and oxygen atoms in total. The van der Waals surface area contributed by atoms with E-state index in [1.54, 1.807) is 6.07 Å². The molecule has 1 saturated heterocycles. The zero-order chi connectivity index (χ0) is 14.5. The number of rotatable bonds is 5. The quantitative estimate of drug-likeness (QED) is 0.732. The van der Waals surface area contributed by atoms with Crippen LogP contribution in [0.3, 0.4) is 0 Å². The third kappa shape index (κ3) is 5.19. The number of aromatic hydroxyl groups is 1. The highest BCUT2D eigenvalue weighted by Gasteiger charge is 2.25. The van der Waals surface area contributed by atoms with E-state index in [2.05, 4.69) is 16.8 Å². The number of allylic oxidation sites excluding steroid dienone is 1. The summed E-state index contributed by atoms with van der Waals surface area (Å²) in [7, 11) is 0. The lowest BCUT2D eigenvalue weighted by atomic mass is 9.98. The number of hydrogen-bond acceptors (Lipinski definition) is 3. The molecule has 1 aromatic carbocycles. The predicted molar refractivity (Wildman–Crippen MR) is 99.2 cm³/mol. The van der Waals surface area contributed by atoms with Crippen molar-refractivity contribution in [3.05, 3.63) is 40.4 Å². The van der Waals surface area contributed by atoms with E-state index >= 15 is 0 Å². The topological polar surface area (TPSA) is 35.5 Å². The summed E-state index contributed by atoms with van der Waals surface area (Å²) in [4.78, 5) is 2.37. The summed E-state index contributed by atoms with van der Waals surface area (Å²) >= 11 is 12.0. The van der Waals surface area contributed by atoms with Crippen LogP contribution in [0.25, 0.3) is 0 Å². The first-order valence-electron chi connectivity index (χ1n) is 6.87. The lowest BCUT2D eigenvalue weighted by molar-refractivity contribution is 0.163. The van der Waals surface area contributed by atoms with E-state index in [4.69, 9.17) is 23.2 Å². The zero-order valence-corrected chi connectivity index (χ0v) is 15.4. The minimum atomic E-state index is 0. The van der Waals surface area contributed by atoms with Crippen LogP contribution >= 0.6 is 48.0 Å². The standard InChI is InChI=1S/C15H20Cl2N2O.2ClH/c1-2-3-4-13(19-9-7-18-8-10-19)11-5-6-12(16)14(17)15(11)20;;/h2,5-6,13,18,20H,1,3-4,7-10H2;2*1H/t13-;;/m0../s1. The molecule has 2 N–H and O–H groups in total. The Bertz CT molecular complexity index is 479. The van der Waals surface area contributed by atoms with Gasteiger partial charge in [0.15, 0.2) is 0 Å². The number of piperazine rings is 1. The van der Waals surface area contributed by atoms with Crippen molar-refractivity contribution in [2.45, 2.75) is 18.9 Å². The Morgan fingerprint density at radius 3 is 2.50 bits per heavy atom. The lowest BCUT2D eigenvalue weighted by Crippen LogP contribution is -2.45. The average Bonchev–Trinajstić information content (AvgIpc) is 2.48. The van der Waals surface area contributed by atoms with Crippen molar-refractivity contribution in [1.29, 1.82) is 0 Å². The molecule has 2 rings (SSSR count). The van der Waals surface area contributed by atoms with Crippen molar-refractivity contribution in [1.82, 2.24) is 10.2 Å². The maximum absolute atomic E-state index is 10.3. The number of nitrogens with zero attached hydrogens (tertiary/aromatic N) is 1. The Kier molecular flexibility index (Phi) is 10.5. The molecular weight excluding hydrogens is 366 g/mol. The van der Waals surface area contributed by atoms with Gasteiger partial charge in [-0.05, 0) is 18.9 Å². The fourth-order valence-corrected chi connectivity index (χ4v) is 2.95. The van der Waals surface area contributed by atoms with Crippen LogP contribution < -0.4 is 5.32 Å². The molecule has 0 aliphatic carbocycles. The van der Waals surface area contributed by atoms with E-state index in [0.29, 0.717) is 5.02 Å². The highest BCUT2D eigenvalue weighted by molar-refractivity contribution is 6.43. The minimum absolute atomic E-state index is 0. The van der Waals surface area contributed by atoms with E-state index in [1.165, 1.54) is 0 Å². The monoisotopic (exact) mass is 386 g/mol. The van der Waals surface area contributed by atoms with Crippen molar-refractivity contribution in [3.8, 4) is 5.75 Å². The van der Waals surface area contributed by atoms with Gasteiger partial charge in [0, 0.05) is 37.8 Å². The van der Waals surface area contributed by atoms with Crippen LogP contribution in [-0.4, -0.2) is 36.2 Å². The van der Waals surface area contributed by atoms with Crippen LogP contribution in [0, 0.1) is 0 Å². The average molecular weight is 388 g/mol. The first kappa shape index (κ1) is 21.8. The van der Waals surface area contributed by atoms with Crippen molar-refractivity contribution in [2.75, 3.05) is 26.2 Å². The van der Waals surface area contributed by atoms with Crippen molar-refractivity contribution in [2.24, 2.45) is 0 Å². The number of phenolic OH excluding ortho intramolecular Hbond substituents is 1. The van der Waals surface area contributed by atoms with Gasteiger partial charge in [-0.15, -0.1) is 31.4 Å². The van der Waals surface area contributed by atoms with Gasteiger partial charge in [-0.25, -0.2) is 0 Å². The van der Waals surface area contributed by atoms with Gasteiger partial charge >= 0.3 is 0 Å². The first-order chi connectivity index (χ1) is 9.65. The second-order valence-electron chi connectivity index (χ2n) is 4.97. The number of nitrogens with one attached hydrogen (secondary N) is 1. The fraction of sp³-hybridized carbons (Fsp3) is 0.467. The largest absolute Gasteiger partial charge is 0.506 e. The molecule has 0 amide bonds. The van der Waals surface area contributed by atoms with Gasteiger partial charge in [-0.1, -0.05) is 35.3 Å². The molecule has 126 valence electrons. The second-order valence-corrected chi connectivity index (χ2v) is 5.75. The van der Waals surface area contributed by atoms with Gasteiger partial charge in [0.2, 0.25) is 0 Å². The van der Waals surface area contributed by atoms with Crippen molar-refractivity contribution < 1.29 is 5.11 Å². The summed E-state index contributed by atoms with van der Waals surface area (Å²) in [5, 5.41) is 14.3. The Labute approximate surface area is 154 Å². The van der Waals surface area contributed by atoms with Gasteiger partial charge in [-0.3, -0.25) is 4.90 Å². The molecule has 1 heterocycles. The van der Waals surface area contributed by atoms with Crippen LogP contribution in [-0.2, 0) is 0 Å². The van der Waals surface area contributed by atoms with Gasteiger partial charge in [0.25, 0.3) is 0 Å². The molecule has 0 saturated carbocycles. The molecular formula is C15H22Cl4N2O. The normalized spacial score (nSPS) is 16.3. The van der Waals surface area contributed by atoms with Gasteiger partial charge in [0.05, 0.1) is 5.02 Å². The highest BCUT2D eigenvalue weighted by Crippen LogP contribution is 2.40. The minimum Gasteiger partial charge on any atom is -0.506 e. The molecule has 0 spiro atoms. The number of phenols is 1. The zero-order valence-electron chi connectivity index (χ0n) is 12.2. The van der Waals surface area contributed by atoms with E-state index in [-0.39, 0.29) is 41.6 Å². The van der Waals surface area contributed by atoms with Crippen molar-refractivity contribution >= 4 is 48.0 Å². The predicted octanol–water partition coefficient (Wildman–Crippen LogP) is 4.46. The highest BCUT2D eigenvalue weighted by atomic mass is 35.5.